The minimum atomic E-state index is -0.386. The van der Waals surface area contributed by atoms with Crippen molar-refractivity contribution in [3.63, 3.8) is 0 Å². The minimum absolute atomic E-state index is 0.0782. The number of amides is 1. The zero-order chi connectivity index (χ0) is 15.2. The Balaban J connectivity index is 1.72. The third-order valence-corrected chi connectivity index (χ3v) is 4.10. The minimum Gasteiger partial charge on any atom is -0.489 e. The third kappa shape index (κ3) is 4.43. The molecule has 1 aromatic rings. The lowest BCUT2D eigenvalue weighted by molar-refractivity contribution is -0.131. The third-order valence-electron chi connectivity index (χ3n) is 4.10. The summed E-state index contributed by atoms with van der Waals surface area (Å²) in [5, 5.41) is 0. The van der Waals surface area contributed by atoms with Gasteiger partial charge in [-0.15, -0.1) is 0 Å². The van der Waals surface area contributed by atoms with E-state index in [1.807, 2.05) is 0 Å². The maximum atomic E-state index is 13.4. The number of carbonyl (C=O) groups excluding carboxylic acids is 1. The number of hydrogen-bond donors (Lipinski definition) is 1. The first kappa shape index (κ1) is 15.8. The predicted molar refractivity (Wildman–Crippen MR) is 79.5 cm³/mol. The lowest BCUT2D eigenvalue weighted by Gasteiger charge is -2.21. The van der Waals surface area contributed by atoms with Crippen LogP contribution in [0.25, 0.3) is 0 Å². The van der Waals surface area contributed by atoms with E-state index < -0.39 is 0 Å². The molecule has 2 N–H and O–H groups in total. The van der Waals surface area contributed by atoms with Gasteiger partial charge in [0.2, 0.25) is 5.91 Å². The summed E-state index contributed by atoms with van der Waals surface area (Å²) in [7, 11) is 1.74. The summed E-state index contributed by atoms with van der Waals surface area (Å²) in [5.41, 5.74) is 5.98. The number of para-hydroxylation sites is 1. The molecule has 1 amide bonds. The normalized spacial score (nSPS) is 21.3. The molecule has 2 atom stereocenters. The number of nitrogens with two attached hydrogens (primary N) is 1. The van der Waals surface area contributed by atoms with Gasteiger partial charge in [0, 0.05) is 19.5 Å². The molecule has 0 aromatic heterocycles. The maximum absolute atomic E-state index is 13.4. The molecule has 21 heavy (non-hydrogen) atoms. The average Bonchev–Trinajstić information content (AvgIpc) is 2.86. The van der Waals surface area contributed by atoms with E-state index in [-0.39, 0.29) is 30.1 Å². The maximum Gasteiger partial charge on any atom is 0.222 e. The van der Waals surface area contributed by atoms with Gasteiger partial charge in [-0.2, -0.15) is 0 Å². The van der Waals surface area contributed by atoms with Crippen LogP contribution in [0, 0.1) is 11.7 Å². The molecule has 1 aliphatic rings. The number of benzene rings is 1. The fourth-order valence-electron chi connectivity index (χ4n) is 2.68. The number of halogens is 1. The Kier molecular flexibility index (Phi) is 5.56. The van der Waals surface area contributed by atoms with Crippen LogP contribution in [-0.2, 0) is 4.79 Å². The molecule has 0 bridgehead atoms. The zero-order valence-corrected chi connectivity index (χ0v) is 12.4. The highest BCUT2D eigenvalue weighted by atomic mass is 19.1. The molecule has 0 spiro atoms. The second-order valence-electron chi connectivity index (χ2n) is 5.65. The van der Waals surface area contributed by atoms with Gasteiger partial charge in [0.1, 0.15) is 6.61 Å². The summed E-state index contributed by atoms with van der Waals surface area (Å²) < 4.78 is 18.7. The summed E-state index contributed by atoms with van der Waals surface area (Å²) in [6, 6.07) is 6.41. The van der Waals surface area contributed by atoms with Crippen LogP contribution in [0.2, 0.25) is 0 Å². The highest BCUT2D eigenvalue weighted by molar-refractivity contribution is 5.76. The number of likely N-dealkylation sites (N-methyl/N-ethyl adjacent to an activating group) is 1. The van der Waals surface area contributed by atoms with Gasteiger partial charge in [-0.1, -0.05) is 18.6 Å². The smallest absolute Gasteiger partial charge is 0.222 e. The molecular formula is C16H23FN2O2. The number of hydrogen-bond acceptors (Lipinski definition) is 3. The van der Waals surface area contributed by atoms with Crippen LogP contribution in [0.1, 0.15) is 25.7 Å². The van der Waals surface area contributed by atoms with Crippen molar-refractivity contribution in [3.05, 3.63) is 30.1 Å². The van der Waals surface area contributed by atoms with E-state index in [0.717, 1.165) is 19.3 Å². The molecule has 0 saturated heterocycles. The van der Waals surface area contributed by atoms with Crippen molar-refractivity contribution in [1.82, 2.24) is 4.90 Å². The Morgan fingerprint density at radius 2 is 2.19 bits per heavy atom. The van der Waals surface area contributed by atoms with Crippen molar-refractivity contribution in [1.29, 1.82) is 0 Å². The second kappa shape index (κ2) is 7.41. The summed E-state index contributed by atoms with van der Waals surface area (Å²) in [6.45, 7) is 0.717. The van der Waals surface area contributed by atoms with Crippen LogP contribution >= 0.6 is 0 Å². The highest BCUT2D eigenvalue weighted by Crippen LogP contribution is 2.27. The first-order valence-corrected chi connectivity index (χ1v) is 7.45. The van der Waals surface area contributed by atoms with E-state index in [9.17, 15) is 9.18 Å². The van der Waals surface area contributed by atoms with Crippen LogP contribution in [-0.4, -0.2) is 37.0 Å². The second-order valence-corrected chi connectivity index (χ2v) is 5.65. The van der Waals surface area contributed by atoms with E-state index >= 15 is 0 Å². The van der Waals surface area contributed by atoms with Gasteiger partial charge < -0.3 is 15.4 Å². The topological polar surface area (TPSA) is 55.6 Å². The monoisotopic (exact) mass is 294 g/mol. The van der Waals surface area contributed by atoms with Gasteiger partial charge in [0.05, 0.1) is 6.54 Å². The molecule has 0 radical (unpaired) electrons. The van der Waals surface area contributed by atoms with Crippen LogP contribution in [0.5, 0.6) is 5.75 Å². The van der Waals surface area contributed by atoms with E-state index in [0.29, 0.717) is 18.9 Å². The van der Waals surface area contributed by atoms with Gasteiger partial charge in [-0.25, -0.2) is 4.39 Å². The Bertz CT molecular complexity index is 481. The van der Waals surface area contributed by atoms with Gasteiger partial charge >= 0.3 is 0 Å². The van der Waals surface area contributed by atoms with Crippen LogP contribution < -0.4 is 10.5 Å². The van der Waals surface area contributed by atoms with Crippen molar-refractivity contribution in [3.8, 4) is 5.75 Å². The van der Waals surface area contributed by atoms with Gasteiger partial charge in [-0.3, -0.25) is 4.79 Å². The Morgan fingerprint density at radius 1 is 1.43 bits per heavy atom. The molecule has 2 rings (SSSR count). The summed E-state index contributed by atoms with van der Waals surface area (Å²) in [6.07, 6.45) is 3.65. The summed E-state index contributed by atoms with van der Waals surface area (Å²) in [4.78, 5) is 13.7. The number of nitrogens with zero attached hydrogens (tertiary/aromatic N) is 1. The lowest BCUT2D eigenvalue weighted by atomic mass is 9.99. The zero-order valence-electron chi connectivity index (χ0n) is 12.4. The molecule has 1 aliphatic carbocycles. The number of rotatable bonds is 6. The largest absolute Gasteiger partial charge is 0.489 e. The first-order chi connectivity index (χ1) is 10.1. The van der Waals surface area contributed by atoms with Crippen molar-refractivity contribution in [2.75, 3.05) is 20.2 Å². The Labute approximate surface area is 125 Å². The Morgan fingerprint density at radius 3 is 2.86 bits per heavy atom. The van der Waals surface area contributed by atoms with Gasteiger partial charge in [-0.05, 0) is 30.9 Å². The molecule has 0 heterocycles. The molecule has 0 aliphatic heterocycles. The molecular weight excluding hydrogens is 271 g/mol. The molecule has 1 aromatic carbocycles. The van der Waals surface area contributed by atoms with E-state index in [4.69, 9.17) is 10.5 Å². The molecule has 116 valence electrons. The van der Waals surface area contributed by atoms with Crippen molar-refractivity contribution < 1.29 is 13.9 Å². The average molecular weight is 294 g/mol. The van der Waals surface area contributed by atoms with Crippen LogP contribution in [0.4, 0.5) is 4.39 Å². The number of ether oxygens (including phenoxy) is 1. The van der Waals surface area contributed by atoms with Gasteiger partial charge in [0.15, 0.2) is 11.6 Å². The molecule has 1 fully saturated rings. The van der Waals surface area contributed by atoms with E-state index in [1.165, 1.54) is 6.07 Å². The summed E-state index contributed by atoms with van der Waals surface area (Å²) >= 11 is 0. The van der Waals surface area contributed by atoms with Crippen LogP contribution in [0.15, 0.2) is 24.3 Å². The fourth-order valence-corrected chi connectivity index (χ4v) is 2.68. The molecule has 0 unspecified atom stereocenters. The SMILES string of the molecule is CN(CCOc1ccccc1F)C(=O)C[C@@H]1CCC[C@H]1N. The quantitative estimate of drug-likeness (QED) is 0.875. The molecule has 5 heteroatoms. The van der Waals surface area contributed by atoms with Gasteiger partial charge in [0.25, 0.3) is 0 Å². The van der Waals surface area contributed by atoms with Crippen LogP contribution in [0.3, 0.4) is 0 Å². The van der Waals surface area contributed by atoms with Crippen molar-refractivity contribution in [2.24, 2.45) is 11.7 Å². The number of carbonyl (C=O) groups is 1. The molecule has 4 nitrogen and oxygen atoms in total. The van der Waals surface area contributed by atoms with Crippen molar-refractivity contribution in [2.45, 2.75) is 31.7 Å². The predicted octanol–water partition coefficient (Wildman–Crippen LogP) is 2.18. The Hall–Kier alpha value is -1.62. The fraction of sp³-hybridized carbons (Fsp3) is 0.562. The first-order valence-electron chi connectivity index (χ1n) is 7.45. The molecule has 1 saturated carbocycles. The lowest BCUT2D eigenvalue weighted by Crippen LogP contribution is -2.35. The van der Waals surface area contributed by atoms with E-state index in [1.54, 1.807) is 30.1 Å². The highest BCUT2D eigenvalue weighted by Gasteiger charge is 2.27. The van der Waals surface area contributed by atoms with E-state index in [2.05, 4.69) is 0 Å². The summed E-state index contributed by atoms with van der Waals surface area (Å²) in [5.74, 6) is 0.210. The standard InChI is InChI=1S/C16H23FN2O2/c1-19(16(20)11-12-5-4-7-14(12)18)9-10-21-15-8-3-2-6-13(15)17/h2-3,6,8,12,14H,4-5,7,9-11,18H2,1H3/t12-,14+/m0/s1. The van der Waals surface area contributed by atoms with Crippen molar-refractivity contribution >= 4 is 5.91 Å².